The fourth-order valence-corrected chi connectivity index (χ4v) is 2.22. The first-order valence-electron chi connectivity index (χ1n) is 5.92. The average molecular weight is 220 g/mol. The molecule has 2 rings (SSSR count). The number of nitrogens with two attached hydrogens (primary N) is 1. The SMILES string of the molecule is CNc1ccc(C(N)C2CCOCC2)cc1. The summed E-state index contributed by atoms with van der Waals surface area (Å²) in [6, 6.07) is 8.54. The number of hydrogen-bond acceptors (Lipinski definition) is 3. The second kappa shape index (κ2) is 5.32. The zero-order valence-electron chi connectivity index (χ0n) is 9.78. The Bertz CT molecular complexity index is 317. The van der Waals surface area contributed by atoms with E-state index in [1.807, 2.05) is 7.05 Å². The summed E-state index contributed by atoms with van der Waals surface area (Å²) in [6.07, 6.45) is 2.16. The molecule has 1 unspecified atom stereocenters. The summed E-state index contributed by atoms with van der Waals surface area (Å²) in [7, 11) is 1.92. The normalized spacial score (nSPS) is 19.4. The van der Waals surface area contributed by atoms with Gasteiger partial charge in [-0.3, -0.25) is 0 Å². The minimum atomic E-state index is 0.148. The van der Waals surface area contributed by atoms with Gasteiger partial charge in [0, 0.05) is 32.0 Å². The maximum atomic E-state index is 6.29. The topological polar surface area (TPSA) is 47.3 Å². The Morgan fingerprint density at radius 2 is 1.88 bits per heavy atom. The third-order valence-corrected chi connectivity index (χ3v) is 3.36. The van der Waals surface area contributed by atoms with Crippen LogP contribution in [0.4, 0.5) is 5.69 Å². The van der Waals surface area contributed by atoms with Gasteiger partial charge in [0.05, 0.1) is 0 Å². The molecule has 0 radical (unpaired) electrons. The summed E-state index contributed by atoms with van der Waals surface area (Å²) < 4.78 is 5.36. The van der Waals surface area contributed by atoms with Crippen LogP contribution in [0.3, 0.4) is 0 Å². The molecule has 0 amide bonds. The number of anilines is 1. The molecule has 1 fully saturated rings. The van der Waals surface area contributed by atoms with Crippen molar-refractivity contribution in [3.05, 3.63) is 29.8 Å². The third kappa shape index (κ3) is 2.54. The van der Waals surface area contributed by atoms with Crippen LogP contribution in [0.25, 0.3) is 0 Å². The lowest BCUT2D eigenvalue weighted by molar-refractivity contribution is 0.0584. The lowest BCUT2D eigenvalue weighted by atomic mass is 9.88. The van der Waals surface area contributed by atoms with E-state index in [9.17, 15) is 0 Å². The maximum Gasteiger partial charge on any atom is 0.0469 e. The van der Waals surface area contributed by atoms with Gasteiger partial charge in [0.1, 0.15) is 0 Å². The fourth-order valence-electron chi connectivity index (χ4n) is 2.22. The van der Waals surface area contributed by atoms with Crippen LogP contribution >= 0.6 is 0 Å². The molecule has 0 aromatic heterocycles. The predicted octanol–water partition coefficient (Wildman–Crippen LogP) is 2.15. The number of nitrogens with one attached hydrogen (secondary N) is 1. The molecule has 1 aromatic carbocycles. The number of benzene rings is 1. The quantitative estimate of drug-likeness (QED) is 0.820. The van der Waals surface area contributed by atoms with Gasteiger partial charge in [-0.2, -0.15) is 0 Å². The van der Waals surface area contributed by atoms with Gasteiger partial charge in [-0.15, -0.1) is 0 Å². The number of rotatable bonds is 3. The van der Waals surface area contributed by atoms with E-state index in [2.05, 4.69) is 29.6 Å². The van der Waals surface area contributed by atoms with Gasteiger partial charge >= 0.3 is 0 Å². The van der Waals surface area contributed by atoms with Crippen LogP contribution in [0.15, 0.2) is 24.3 Å². The largest absolute Gasteiger partial charge is 0.388 e. The molecule has 1 aromatic rings. The van der Waals surface area contributed by atoms with Gasteiger partial charge in [-0.25, -0.2) is 0 Å². The molecular weight excluding hydrogens is 200 g/mol. The van der Waals surface area contributed by atoms with Crippen molar-refractivity contribution in [1.29, 1.82) is 0 Å². The first-order chi connectivity index (χ1) is 7.81. The molecule has 1 saturated heterocycles. The van der Waals surface area contributed by atoms with Gasteiger partial charge < -0.3 is 15.8 Å². The molecule has 1 aliphatic heterocycles. The fraction of sp³-hybridized carbons (Fsp3) is 0.538. The molecule has 88 valence electrons. The Morgan fingerprint density at radius 3 is 2.44 bits per heavy atom. The van der Waals surface area contributed by atoms with Crippen molar-refractivity contribution in [2.45, 2.75) is 18.9 Å². The van der Waals surface area contributed by atoms with E-state index in [-0.39, 0.29) is 6.04 Å². The molecular formula is C13H20N2O. The van der Waals surface area contributed by atoms with E-state index in [4.69, 9.17) is 10.5 Å². The van der Waals surface area contributed by atoms with Crippen molar-refractivity contribution in [2.24, 2.45) is 11.7 Å². The molecule has 0 bridgehead atoms. The molecule has 3 nitrogen and oxygen atoms in total. The molecule has 0 saturated carbocycles. The Balaban J connectivity index is 2.04. The van der Waals surface area contributed by atoms with Crippen molar-refractivity contribution in [2.75, 3.05) is 25.6 Å². The highest BCUT2D eigenvalue weighted by atomic mass is 16.5. The predicted molar refractivity (Wildman–Crippen MR) is 66.5 cm³/mol. The van der Waals surface area contributed by atoms with Crippen LogP contribution in [-0.2, 0) is 4.74 Å². The van der Waals surface area contributed by atoms with Gasteiger partial charge in [0.2, 0.25) is 0 Å². The molecule has 3 N–H and O–H groups in total. The van der Waals surface area contributed by atoms with E-state index in [0.29, 0.717) is 5.92 Å². The number of hydrogen-bond donors (Lipinski definition) is 2. The molecule has 1 aliphatic rings. The average Bonchev–Trinajstić information content (AvgIpc) is 2.39. The van der Waals surface area contributed by atoms with Gasteiger partial charge in [-0.1, -0.05) is 12.1 Å². The Kier molecular flexibility index (Phi) is 3.80. The van der Waals surface area contributed by atoms with E-state index >= 15 is 0 Å². The Morgan fingerprint density at radius 1 is 1.25 bits per heavy atom. The maximum absolute atomic E-state index is 6.29. The first kappa shape index (κ1) is 11.4. The highest BCUT2D eigenvalue weighted by molar-refractivity contribution is 5.44. The second-order valence-corrected chi connectivity index (χ2v) is 4.35. The Labute approximate surface area is 97.0 Å². The third-order valence-electron chi connectivity index (χ3n) is 3.36. The van der Waals surface area contributed by atoms with E-state index in [1.165, 1.54) is 5.56 Å². The first-order valence-corrected chi connectivity index (χ1v) is 5.92. The molecule has 0 spiro atoms. The van der Waals surface area contributed by atoms with Crippen molar-refractivity contribution in [3.63, 3.8) is 0 Å². The minimum absolute atomic E-state index is 0.148. The van der Waals surface area contributed by atoms with Crippen LogP contribution < -0.4 is 11.1 Å². The minimum Gasteiger partial charge on any atom is -0.388 e. The molecule has 3 heteroatoms. The van der Waals surface area contributed by atoms with Gasteiger partial charge in [-0.05, 0) is 36.5 Å². The van der Waals surface area contributed by atoms with Gasteiger partial charge in [0.15, 0.2) is 0 Å². The van der Waals surface area contributed by atoms with Crippen LogP contribution in [0.2, 0.25) is 0 Å². The Hall–Kier alpha value is -1.06. The summed E-state index contributed by atoms with van der Waals surface area (Å²) in [5.74, 6) is 0.564. The van der Waals surface area contributed by atoms with Crippen molar-refractivity contribution < 1.29 is 4.74 Å². The molecule has 16 heavy (non-hydrogen) atoms. The van der Waals surface area contributed by atoms with Crippen LogP contribution in [0, 0.1) is 5.92 Å². The summed E-state index contributed by atoms with van der Waals surface area (Å²) in [5, 5.41) is 3.11. The second-order valence-electron chi connectivity index (χ2n) is 4.35. The van der Waals surface area contributed by atoms with Crippen molar-refractivity contribution in [1.82, 2.24) is 0 Å². The molecule has 0 aliphatic carbocycles. The lowest BCUT2D eigenvalue weighted by Gasteiger charge is -2.27. The monoisotopic (exact) mass is 220 g/mol. The zero-order chi connectivity index (χ0) is 11.4. The smallest absolute Gasteiger partial charge is 0.0469 e. The van der Waals surface area contributed by atoms with Crippen LogP contribution in [0.5, 0.6) is 0 Å². The van der Waals surface area contributed by atoms with Crippen molar-refractivity contribution in [3.8, 4) is 0 Å². The highest BCUT2D eigenvalue weighted by Crippen LogP contribution is 2.28. The van der Waals surface area contributed by atoms with Gasteiger partial charge in [0.25, 0.3) is 0 Å². The van der Waals surface area contributed by atoms with E-state index in [1.54, 1.807) is 0 Å². The summed E-state index contributed by atoms with van der Waals surface area (Å²) in [4.78, 5) is 0. The summed E-state index contributed by atoms with van der Waals surface area (Å²) >= 11 is 0. The summed E-state index contributed by atoms with van der Waals surface area (Å²) in [5.41, 5.74) is 8.64. The van der Waals surface area contributed by atoms with Crippen LogP contribution in [0.1, 0.15) is 24.4 Å². The zero-order valence-corrected chi connectivity index (χ0v) is 9.78. The highest BCUT2D eigenvalue weighted by Gasteiger charge is 2.21. The number of ether oxygens (including phenoxy) is 1. The van der Waals surface area contributed by atoms with E-state index in [0.717, 1.165) is 31.7 Å². The van der Waals surface area contributed by atoms with Crippen molar-refractivity contribution >= 4 is 5.69 Å². The standard InChI is InChI=1S/C13H20N2O/c1-15-12-4-2-10(3-5-12)13(14)11-6-8-16-9-7-11/h2-5,11,13,15H,6-9,14H2,1H3. The molecule has 1 atom stereocenters. The van der Waals surface area contributed by atoms with E-state index < -0.39 is 0 Å². The lowest BCUT2D eigenvalue weighted by Crippen LogP contribution is -2.27. The summed E-state index contributed by atoms with van der Waals surface area (Å²) in [6.45, 7) is 1.71. The molecule has 1 heterocycles. The van der Waals surface area contributed by atoms with Crippen LogP contribution in [-0.4, -0.2) is 20.3 Å².